The van der Waals surface area contributed by atoms with Gasteiger partial charge in [-0.2, -0.15) is 0 Å². The van der Waals surface area contributed by atoms with Crippen molar-refractivity contribution in [2.75, 3.05) is 11.9 Å². The van der Waals surface area contributed by atoms with E-state index in [-0.39, 0.29) is 24.8 Å². The Morgan fingerprint density at radius 2 is 1.69 bits per heavy atom. The summed E-state index contributed by atoms with van der Waals surface area (Å²) in [5, 5.41) is 8.26. The third-order valence-corrected chi connectivity index (χ3v) is 5.07. The number of hydrogen-bond acceptors (Lipinski definition) is 4. The molecule has 7 nitrogen and oxygen atoms in total. The highest BCUT2D eigenvalue weighted by atomic mass is 79.9. The minimum atomic E-state index is -0.583. The number of halogens is 1. The van der Waals surface area contributed by atoms with E-state index < -0.39 is 11.7 Å². The van der Waals surface area contributed by atoms with Crippen LogP contribution in [0.15, 0.2) is 53.0 Å². The molecule has 0 aliphatic carbocycles. The van der Waals surface area contributed by atoms with Crippen molar-refractivity contribution in [3.05, 3.63) is 64.1 Å². The van der Waals surface area contributed by atoms with Crippen LogP contribution in [-0.4, -0.2) is 30.1 Å². The number of alkyl carbamates (subject to hydrolysis) is 1. The molecule has 0 radical (unpaired) electrons. The van der Waals surface area contributed by atoms with Gasteiger partial charge in [0.05, 0.1) is 0 Å². The van der Waals surface area contributed by atoms with Gasteiger partial charge < -0.3 is 20.7 Å². The number of rotatable bonds is 9. The zero-order valence-electron chi connectivity index (χ0n) is 18.7. The molecule has 0 saturated heterocycles. The fraction of sp³-hybridized carbons (Fsp3) is 0.375. The third-order valence-electron chi connectivity index (χ3n) is 4.30. The highest BCUT2D eigenvalue weighted by Crippen LogP contribution is 2.17. The molecular formula is C24H30BrN3O4. The average Bonchev–Trinajstić information content (AvgIpc) is 2.70. The van der Waals surface area contributed by atoms with Crippen molar-refractivity contribution in [1.82, 2.24) is 10.6 Å². The number of amides is 3. The third kappa shape index (κ3) is 9.96. The van der Waals surface area contributed by atoms with Crippen molar-refractivity contribution in [3.63, 3.8) is 0 Å². The van der Waals surface area contributed by atoms with Crippen LogP contribution in [0.4, 0.5) is 10.5 Å². The van der Waals surface area contributed by atoms with E-state index in [4.69, 9.17) is 4.74 Å². The van der Waals surface area contributed by atoms with Gasteiger partial charge in [-0.15, -0.1) is 0 Å². The molecule has 3 amide bonds. The number of nitrogens with one attached hydrogen (secondary N) is 3. The van der Waals surface area contributed by atoms with Gasteiger partial charge in [0.15, 0.2) is 0 Å². The number of aryl methyl sites for hydroxylation is 1. The molecule has 0 unspecified atom stereocenters. The van der Waals surface area contributed by atoms with Gasteiger partial charge in [-0.05, 0) is 56.5 Å². The maximum Gasteiger partial charge on any atom is 0.407 e. The minimum Gasteiger partial charge on any atom is -0.444 e. The summed E-state index contributed by atoms with van der Waals surface area (Å²) in [7, 11) is 0. The average molecular weight is 504 g/mol. The first-order valence-electron chi connectivity index (χ1n) is 10.5. The quantitative estimate of drug-likeness (QED) is 0.467. The molecule has 0 aliphatic rings. The number of carbonyl (C=O) groups excluding carboxylic acids is 3. The topological polar surface area (TPSA) is 96.5 Å². The number of benzene rings is 2. The van der Waals surface area contributed by atoms with Gasteiger partial charge in [-0.1, -0.05) is 46.3 Å². The molecule has 32 heavy (non-hydrogen) atoms. The monoisotopic (exact) mass is 503 g/mol. The molecule has 0 atom stereocenters. The van der Waals surface area contributed by atoms with E-state index >= 15 is 0 Å². The number of carbonyl (C=O) groups is 3. The van der Waals surface area contributed by atoms with Gasteiger partial charge in [-0.25, -0.2) is 4.79 Å². The molecule has 8 heteroatoms. The summed E-state index contributed by atoms with van der Waals surface area (Å²) in [6.45, 7) is 5.87. The van der Waals surface area contributed by atoms with Crippen LogP contribution in [0.3, 0.4) is 0 Å². The lowest BCUT2D eigenvalue weighted by Crippen LogP contribution is -2.34. The van der Waals surface area contributed by atoms with Crippen molar-refractivity contribution in [3.8, 4) is 0 Å². The van der Waals surface area contributed by atoms with Crippen molar-refractivity contribution < 1.29 is 19.1 Å². The van der Waals surface area contributed by atoms with Crippen LogP contribution >= 0.6 is 15.9 Å². The number of anilines is 1. The van der Waals surface area contributed by atoms with Crippen molar-refractivity contribution in [2.24, 2.45) is 0 Å². The van der Waals surface area contributed by atoms with E-state index in [1.807, 2.05) is 42.5 Å². The SMILES string of the molecule is CC(C)(C)OC(=O)NCCC(=O)Nc1cccc(CNC(=O)CCc2ccccc2Br)c1. The Kier molecular flexibility index (Phi) is 9.71. The number of ether oxygens (including phenoxy) is 1. The summed E-state index contributed by atoms with van der Waals surface area (Å²) in [6.07, 6.45) is 0.613. The van der Waals surface area contributed by atoms with Crippen molar-refractivity contribution >= 4 is 39.5 Å². The van der Waals surface area contributed by atoms with Gasteiger partial charge in [0.1, 0.15) is 5.60 Å². The van der Waals surface area contributed by atoms with Crippen LogP contribution in [0, 0.1) is 0 Å². The molecule has 2 aromatic carbocycles. The maximum absolute atomic E-state index is 12.2. The molecule has 0 spiro atoms. The van der Waals surface area contributed by atoms with Gasteiger partial charge in [0.2, 0.25) is 11.8 Å². The van der Waals surface area contributed by atoms with E-state index in [1.165, 1.54) is 0 Å². The van der Waals surface area contributed by atoms with Crippen molar-refractivity contribution in [2.45, 2.75) is 52.2 Å². The first-order valence-corrected chi connectivity index (χ1v) is 11.3. The van der Waals surface area contributed by atoms with Gasteiger partial charge in [0, 0.05) is 36.1 Å². The fourth-order valence-corrected chi connectivity index (χ4v) is 3.30. The predicted molar refractivity (Wildman–Crippen MR) is 128 cm³/mol. The Labute approximate surface area is 197 Å². The molecule has 0 heterocycles. The van der Waals surface area contributed by atoms with Crippen LogP contribution in [0.5, 0.6) is 0 Å². The lowest BCUT2D eigenvalue weighted by Gasteiger charge is -2.19. The zero-order chi connectivity index (χ0) is 23.6. The van der Waals surface area contributed by atoms with Crippen LogP contribution in [0.2, 0.25) is 0 Å². The van der Waals surface area contributed by atoms with Crippen LogP contribution in [0.25, 0.3) is 0 Å². The van der Waals surface area contributed by atoms with Crippen LogP contribution in [0.1, 0.15) is 44.7 Å². The Morgan fingerprint density at radius 1 is 0.938 bits per heavy atom. The Balaban J connectivity index is 1.73. The molecule has 0 fully saturated rings. The van der Waals surface area contributed by atoms with Crippen LogP contribution < -0.4 is 16.0 Å². The maximum atomic E-state index is 12.2. The molecular weight excluding hydrogens is 474 g/mol. The smallest absolute Gasteiger partial charge is 0.407 e. The fourth-order valence-electron chi connectivity index (χ4n) is 2.81. The summed E-state index contributed by atoms with van der Waals surface area (Å²) in [6, 6.07) is 15.1. The summed E-state index contributed by atoms with van der Waals surface area (Å²) in [5.41, 5.74) is 2.02. The highest BCUT2D eigenvalue weighted by molar-refractivity contribution is 9.10. The second kappa shape index (κ2) is 12.2. The molecule has 0 aliphatic heterocycles. The van der Waals surface area contributed by atoms with Crippen molar-refractivity contribution in [1.29, 1.82) is 0 Å². The molecule has 2 aromatic rings. The molecule has 3 N–H and O–H groups in total. The summed E-state index contributed by atoms with van der Waals surface area (Å²) >= 11 is 3.49. The van der Waals surface area contributed by atoms with E-state index in [9.17, 15) is 14.4 Å². The van der Waals surface area contributed by atoms with E-state index in [0.717, 1.165) is 15.6 Å². The number of hydrogen-bond donors (Lipinski definition) is 3. The molecule has 0 saturated carbocycles. The lowest BCUT2D eigenvalue weighted by atomic mass is 10.1. The minimum absolute atomic E-state index is 0.0385. The highest BCUT2D eigenvalue weighted by Gasteiger charge is 2.16. The molecule has 2 rings (SSSR count). The second-order valence-electron chi connectivity index (χ2n) is 8.30. The summed E-state index contributed by atoms with van der Waals surface area (Å²) in [5.74, 6) is -0.265. The van der Waals surface area contributed by atoms with Gasteiger partial charge >= 0.3 is 6.09 Å². The lowest BCUT2D eigenvalue weighted by molar-refractivity contribution is -0.121. The Bertz CT molecular complexity index is 941. The van der Waals surface area contributed by atoms with E-state index in [2.05, 4.69) is 31.9 Å². The molecule has 0 aromatic heterocycles. The Hall–Kier alpha value is -2.87. The van der Waals surface area contributed by atoms with Gasteiger partial charge in [0.25, 0.3) is 0 Å². The zero-order valence-corrected chi connectivity index (χ0v) is 20.3. The second-order valence-corrected chi connectivity index (χ2v) is 9.15. The first kappa shape index (κ1) is 25.4. The standard InChI is InChI=1S/C24H30BrN3O4/c1-24(2,3)32-23(31)26-14-13-22(30)28-19-9-6-7-17(15-19)16-27-21(29)12-11-18-8-4-5-10-20(18)25/h4-10,15H,11-14,16H2,1-3H3,(H,26,31)(H,27,29)(H,28,30). The Morgan fingerprint density at radius 3 is 2.41 bits per heavy atom. The normalized spacial score (nSPS) is 10.9. The largest absolute Gasteiger partial charge is 0.444 e. The molecule has 172 valence electrons. The molecule has 0 bridgehead atoms. The summed E-state index contributed by atoms with van der Waals surface area (Å²) in [4.78, 5) is 35.9. The predicted octanol–water partition coefficient (Wildman–Crippen LogP) is 4.55. The first-order chi connectivity index (χ1) is 15.1. The van der Waals surface area contributed by atoms with Crippen LogP contribution in [-0.2, 0) is 27.3 Å². The van der Waals surface area contributed by atoms with E-state index in [1.54, 1.807) is 26.8 Å². The summed E-state index contributed by atoms with van der Waals surface area (Å²) < 4.78 is 6.13. The van der Waals surface area contributed by atoms with Gasteiger partial charge in [-0.3, -0.25) is 9.59 Å². The van der Waals surface area contributed by atoms with E-state index in [0.29, 0.717) is 25.1 Å².